The van der Waals surface area contributed by atoms with Crippen molar-refractivity contribution in [3.63, 3.8) is 0 Å². The number of hydrogen-bond donors (Lipinski definition) is 0. The normalized spacial score (nSPS) is 16.2. The molecule has 0 N–H and O–H groups in total. The molecule has 0 saturated carbocycles. The predicted octanol–water partition coefficient (Wildman–Crippen LogP) is 3.97. The van der Waals surface area contributed by atoms with Crippen LogP contribution >= 0.6 is 11.6 Å². The van der Waals surface area contributed by atoms with Gasteiger partial charge in [0.2, 0.25) is 6.23 Å². The quantitative estimate of drug-likeness (QED) is 0.517. The molecule has 0 unspecified atom stereocenters. The first-order valence-corrected chi connectivity index (χ1v) is 10.7. The maximum atomic E-state index is 6.46. The number of nitrogens with zero attached hydrogens (tertiary/aromatic N) is 8. The molecule has 0 amide bonds. The monoisotopic (exact) mass is 446 g/mol. The van der Waals surface area contributed by atoms with E-state index in [9.17, 15) is 0 Å². The molecule has 168 valence electrons. The number of hydrogen-bond acceptors (Lipinski definition) is 7. The Balaban J connectivity index is 2.15. The van der Waals surface area contributed by atoms with Crippen LogP contribution in [0.15, 0.2) is 36.9 Å². The summed E-state index contributed by atoms with van der Waals surface area (Å²) in [5.74, 6) is 1.43. The molecule has 0 radical (unpaired) electrons. The predicted molar refractivity (Wildman–Crippen MR) is 119 cm³/mol. The summed E-state index contributed by atoms with van der Waals surface area (Å²) in [7, 11) is 4.07. The van der Waals surface area contributed by atoms with Gasteiger partial charge in [-0.05, 0) is 67.5 Å². The molecule has 0 spiro atoms. The molecule has 1 aromatic carbocycles. The molecule has 0 bridgehead atoms. The molecule has 9 nitrogen and oxygen atoms in total. The third-order valence-electron chi connectivity index (χ3n) is 5.84. The van der Waals surface area contributed by atoms with E-state index in [1.165, 1.54) is 6.33 Å². The fraction of sp³-hybridized carbons (Fsp3) is 0.571. The van der Waals surface area contributed by atoms with Crippen molar-refractivity contribution in [3.8, 4) is 5.75 Å². The van der Waals surface area contributed by atoms with Gasteiger partial charge in [-0.25, -0.2) is 14.3 Å². The lowest BCUT2D eigenvalue weighted by Gasteiger charge is -2.40. The number of ether oxygens (including phenoxy) is 1. The Bertz CT molecular complexity index is 964. The molecule has 3 atom stereocenters. The first kappa shape index (κ1) is 23.1. The van der Waals surface area contributed by atoms with Crippen LogP contribution in [0.1, 0.15) is 59.1 Å². The van der Waals surface area contributed by atoms with Gasteiger partial charge in [-0.2, -0.15) is 5.10 Å². The first-order valence-electron chi connectivity index (χ1n) is 10.3. The molecule has 0 aliphatic heterocycles. The Morgan fingerprint density at radius 3 is 2.32 bits per heavy atom. The van der Waals surface area contributed by atoms with E-state index in [0.29, 0.717) is 10.8 Å². The van der Waals surface area contributed by atoms with Crippen molar-refractivity contribution < 1.29 is 4.74 Å². The van der Waals surface area contributed by atoms with Gasteiger partial charge in [0.1, 0.15) is 24.4 Å². The summed E-state index contributed by atoms with van der Waals surface area (Å²) in [4.78, 5) is 6.28. The van der Waals surface area contributed by atoms with Crippen LogP contribution in [0.4, 0.5) is 0 Å². The number of aromatic nitrogens is 7. The number of halogens is 1. The van der Waals surface area contributed by atoms with Crippen LogP contribution < -0.4 is 4.74 Å². The van der Waals surface area contributed by atoms with E-state index in [4.69, 9.17) is 16.3 Å². The lowest BCUT2D eigenvalue weighted by Crippen LogP contribution is -2.44. The average molecular weight is 447 g/mol. The minimum Gasteiger partial charge on any atom is -0.466 e. The van der Waals surface area contributed by atoms with Crippen LogP contribution in [0.5, 0.6) is 5.75 Å². The zero-order valence-electron chi connectivity index (χ0n) is 19.2. The SMILES string of the molecule is CC[C@](C)(c1nnnn1[C@@H]([C@H](Oc1ccc(Cl)cc1)n1cncn1)C(C)(C)C)N(C)C. The average Bonchev–Trinajstić information content (AvgIpc) is 3.39. The largest absolute Gasteiger partial charge is 0.466 e. The molecule has 31 heavy (non-hydrogen) atoms. The second-order valence-corrected chi connectivity index (χ2v) is 9.55. The second kappa shape index (κ2) is 8.92. The van der Waals surface area contributed by atoms with Gasteiger partial charge in [0.05, 0.1) is 5.54 Å². The molecular formula is C21H31ClN8O. The van der Waals surface area contributed by atoms with E-state index < -0.39 is 6.23 Å². The minimum absolute atomic E-state index is 0.284. The summed E-state index contributed by atoms with van der Waals surface area (Å²) in [5.41, 5.74) is -0.645. The highest BCUT2D eigenvalue weighted by Gasteiger charge is 2.43. The zero-order chi connectivity index (χ0) is 22.8. The van der Waals surface area contributed by atoms with Gasteiger partial charge in [-0.3, -0.25) is 4.90 Å². The molecule has 2 aromatic heterocycles. The molecular weight excluding hydrogens is 416 g/mol. The molecule has 0 saturated heterocycles. The third kappa shape index (κ3) is 4.72. The molecule has 0 fully saturated rings. The minimum atomic E-state index is -0.547. The number of tetrazole rings is 1. The van der Waals surface area contributed by atoms with Crippen LogP contribution in [-0.4, -0.2) is 54.0 Å². The zero-order valence-corrected chi connectivity index (χ0v) is 19.9. The smallest absolute Gasteiger partial charge is 0.215 e. The first-order chi connectivity index (χ1) is 14.6. The molecule has 0 aliphatic rings. The van der Waals surface area contributed by atoms with Gasteiger partial charge in [0.25, 0.3) is 0 Å². The summed E-state index contributed by atoms with van der Waals surface area (Å²) in [6.07, 6.45) is 3.43. The van der Waals surface area contributed by atoms with Crippen molar-refractivity contribution in [2.45, 2.75) is 58.8 Å². The highest BCUT2D eigenvalue weighted by atomic mass is 35.5. The maximum absolute atomic E-state index is 6.46. The van der Waals surface area contributed by atoms with Crippen LogP contribution in [-0.2, 0) is 5.54 Å². The third-order valence-corrected chi connectivity index (χ3v) is 6.09. The van der Waals surface area contributed by atoms with Crippen molar-refractivity contribution in [1.82, 2.24) is 39.9 Å². The van der Waals surface area contributed by atoms with Gasteiger partial charge in [0.15, 0.2) is 5.82 Å². The van der Waals surface area contributed by atoms with E-state index in [0.717, 1.165) is 12.2 Å². The van der Waals surface area contributed by atoms with E-state index in [-0.39, 0.29) is 17.0 Å². The van der Waals surface area contributed by atoms with Gasteiger partial charge >= 0.3 is 0 Å². The van der Waals surface area contributed by atoms with Crippen molar-refractivity contribution in [1.29, 1.82) is 0 Å². The van der Waals surface area contributed by atoms with Gasteiger partial charge < -0.3 is 4.74 Å². The summed E-state index contributed by atoms with van der Waals surface area (Å²) in [6.45, 7) is 10.7. The van der Waals surface area contributed by atoms with E-state index in [1.54, 1.807) is 23.1 Å². The van der Waals surface area contributed by atoms with Crippen LogP contribution in [0.25, 0.3) is 0 Å². The lowest BCUT2D eigenvalue weighted by molar-refractivity contribution is -0.00543. The van der Waals surface area contributed by atoms with Gasteiger partial charge in [0, 0.05) is 5.02 Å². The standard InChI is InChI=1S/C21H31ClN8O/c1-8-21(5,28(6)7)19-25-26-27-30(19)17(20(2,3)4)18(29-14-23-13-24-29)31-16-11-9-15(22)10-12-16/h9-14,17-18H,8H2,1-7H3/t17-,18-,21+/m0/s1. The van der Waals surface area contributed by atoms with E-state index in [2.05, 4.69) is 65.1 Å². The highest BCUT2D eigenvalue weighted by Crippen LogP contribution is 2.42. The van der Waals surface area contributed by atoms with Crippen LogP contribution in [0.3, 0.4) is 0 Å². The number of rotatable bonds is 8. The highest BCUT2D eigenvalue weighted by molar-refractivity contribution is 6.30. The van der Waals surface area contributed by atoms with Crippen molar-refractivity contribution in [2.24, 2.45) is 5.41 Å². The summed E-state index contributed by atoms with van der Waals surface area (Å²) in [6, 6.07) is 6.97. The fourth-order valence-corrected chi connectivity index (χ4v) is 3.72. The van der Waals surface area contributed by atoms with E-state index >= 15 is 0 Å². The summed E-state index contributed by atoms with van der Waals surface area (Å²) in [5, 5.41) is 18.0. The number of benzene rings is 1. The lowest BCUT2D eigenvalue weighted by atomic mass is 9.84. The van der Waals surface area contributed by atoms with Gasteiger partial charge in [-0.1, -0.05) is 39.3 Å². The van der Waals surface area contributed by atoms with E-state index in [1.807, 2.05) is 30.9 Å². The molecule has 0 aliphatic carbocycles. The Morgan fingerprint density at radius 2 is 1.81 bits per heavy atom. The molecule has 3 rings (SSSR count). The Kier molecular flexibility index (Phi) is 6.66. The topological polar surface area (TPSA) is 86.8 Å². The van der Waals surface area contributed by atoms with Crippen LogP contribution in [0.2, 0.25) is 5.02 Å². The van der Waals surface area contributed by atoms with Gasteiger partial charge in [-0.15, -0.1) is 5.10 Å². The van der Waals surface area contributed by atoms with Crippen LogP contribution in [0, 0.1) is 5.41 Å². The van der Waals surface area contributed by atoms with Crippen molar-refractivity contribution in [3.05, 3.63) is 47.8 Å². The Hall–Kier alpha value is -2.52. The Morgan fingerprint density at radius 1 is 1.13 bits per heavy atom. The summed E-state index contributed by atoms with van der Waals surface area (Å²) < 4.78 is 10.0. The maximum Gasteiger partial charge on any atom is 0.215 e. The fourth-order valence-electron chi connectivity index (χ4n) is 3.59. The second-order valence-electron chi connectivity index (χ2n) is 9.12. The molecule has 3 aromatic rings. The molecule has 10 heteroatoms. The summed E-state index contributed by atoms with van der Waals surface area (Å²) >= 11 is 6.06. The van der Waals surface area contributed by atoms with Crippen molar-refractivity contribution in [2.75, 3.05) is 14.1 Å². The molecule has 2 heterocycles. The van der Waals surface area contributed by atoms with Crippen molar-refractivity contribution >= 4 is 11.6 Å². The Labute approximate surface area is 188 Å².